The van der Waals surface area contributed by atoms with Crippen LogP contribution >= 0.6 is 11.3 Å². The van der Waals surface area contributed by atoms with Gasteiger partial charge in [-0.05, 0) is 38.8 Å². The Kier molecular flexibility index (Phi) is 6.54. The molecular weight excluding hydrogens is 432 g/mol. The van der Waals surface area contributed by atoms with Gasteiger partial charge in [0.1, 0.15) is 29.1 Å². The van der Waals surface area contributed by atoms with Gasteiger partial charge in [0.15, 0.2) is 10.8 Å². The van der Waals surface area contributed by atoms with Crippen LogP contribution in [0.15, 0.2) is 27.7 Å². The SMILES string of the molecule is CCNC(=O)[C@@H]1CCCN(c2nc3ncn(CC(=O)NCc4ccc(C)o4)c(=O)c3s2)C1. The van der Waals surface area contributed by atoms with Crippen molar-refractivity contribution in [1.29, 1.82) is 0 Å². The number of carbonyl (C=O) groups excluding carboxylic acids is 2. The van der Waals surface area contributed by atoms with Crippen LogP contribution in [0.25, 0.3) is 10.3 Å². The number of aromatic nitrogens is 3. The summed E-state index contributed by atoms with van der Waals surface area (Å²) in [4.78, 5) is 48.2. The average molecular weight is 459 g/mol. The van der Waals surface area contributed by atoms with Crippen LogP contribution in [-0.2, 0) is 22.7 Å². The minimum atomic E-state index is -0.312. The molecule has 2 N–H and O–H groups in total. The summed E-state index contributed by atoms with van der Waals surface area (Å²) in [5.41, 5.74) is 0.0536. The molecule has 10 nitrogen and oxygen atoms in total. The molecule has 0 aliphatic carbocycles. The summed E-state index contributed by atoms with van der Waals surface area (Å²) >= 11 is 1.25. The second-order valence-corrected chi connectivity index (χ2v) is 8.77. The topological polar surface area (TPSA) is 122 Å². The van der Waals surface area contributed by atoms with E-state index in [1.807, 2.05) is 24.8 Å². The Bertz CT molecular complexity index is 1180. The predicted molar refractivity (Wildman–Crippen MR) is 121 cm³/mol. The number of rotatable bonds is 7. The van der Waals surface area contributed by atoms with Gasteiger partial charge < -0.3 is 20.0 Å². The third kappa shape index (κ3) is 4.82. The number of hydrogen-bond donors (Lipinski definition) is 2. The molecule has 170 valence electrons. The van der Waals surface area contributed by atoms with Gasteiger partial charge in [0.2, 0.25) is 11.8 Å². The minimum Gasteiger partial charge on any atom is -0.465 e. The lowest BCUT2D eigenvalue weighted by Gasteiger charge is -2.31. The fraction of sp³-hybridized carbons (Fsp3) is 0.476. The van der Waals surface area contributed by atoms with Crippen molar-refractivity contribution in [3.05, 3.63) is 40.3 Å². The van der Waals surface area contributed by atoms with Gasteiger partial charge in [-0.1, -0.05) is 11.3 Å². The van der Waals surface area contributed by atoms with E-state index in [1.165, 1.54) is 22.2 Å². The molecule has 4 heterocycles. The molecule has 3 aromatic heterocycles. The molecule has 0 unspecified atom stereocenters. The van der Waals surface area contributed by atoms with Crippen molar-refractivity contribution in [1.82, 2.24) is 25.2 Å². The highest BCUT2D eigenvalue weighted by Gasteiger charge is 2.27. The van der Waals surface area contributed by atoms with Crippen LogP contribution in [0.2, 0.25) is 0 Å². The normalized spacial score (nSPS) is 16.3. The lowest BCUT2D eigenvalue weighted by Crippen LogP contribution is -2.43. The highest BCUT2D eigenvalue weighted by molar-refractivity contribution is 7.22. The molecule has 0 bridgehead atoms. The molecule has 2 amide bonds. The second kappa shape index (κ2) is 9.51. The van der Waals surface area contributed by atoms with E-state index in [1.54, 1.807) is 6.07 Å². The molecular formula is C21H26N6O4S. The first kappa shape index (κ1) is 22.0. The Balaban J connectivity index is 1.45. The Morgan fingerprint density at radius 2 is 2.16 bits per heavy atom. The molecule has 3 aromatic rings. The van der Waals surface area contributed by atoms with Crippen molar-refractivity contribution in [2.75, 3.05) is 24.5 Å². The first-order valence-electron chi connectivity index (χ1n) is 10.6. The van der Waals surface area contributed by atoms with Crippen LogP contribution in [0.4, 0.5) is 5.13 Å². The number of nitrogens with zero attached hydrogens (tertiary/aromatic N) is 4. The summed E-state index contributed by atoms with van der Waals surface area (Å²) in [6.45, 7) is 5.79. The molecule has 0 saturated carbocycles. The third-order valence-corrected chi connectivity index (χ3v) is 6.45. The van der Waals surface area contributed by atoms with E-state index in [-0.39, 0.29) is 36.4 Å². The summed E-state index contributed by atoms with van der Waals surface area (Å²) in [5, 5.41) is 6.29. The average Bonchev–Trinajstić information content (AvgIpc) is 3.41. The molecule has 1 aliphatic rings. The summed E-state index contributed by atoms with van der Waals surface area (Å²) in [6, 6.07) is 3.62. The predicted octanol–water partition coefficient (Wildman–Crippen LogP) is 1.42. The minimum absolute atomic E-state index is 0.0505. The number of furan rings is 1. The number of aryl methyl sites for hydroxylation is 1. The number of nitrogens with one attached hydrogen (secondary N) is 2. The van der Waals surface area contributed by atoms with E-state index >= 15 is 0 Å². The van der Waals surface area contributed by atoms with E-state index in [9.17, 15) is 14.4 Å². The van der Waals surface area contributed by atoms with Crippen molar-refractivity contribution in [3.8, 4) is 0 Å². The molecule has 1 aliphatic heterocycles. The van der Waals surface area contributed by atoms with E-state index in [0.717, 1.165) is 25.1 Å². The van der Waals surface area contributed by atoms with E-state index in [0.29, 0.717) is 34.3 Å². The van der Waals surface area contributed by atoms with Crippen LogP contribution in [0.5, 0.6) is 0 Å². The van der Waals surface area contributed by atoms with Gasteiger partial charge in [0.05, 0.1) is 12.5 Å². The summed E-state index contributed by atoms with van der Waals surface area (Å²) < 4.78 is 7.11. The monoisotopic (exact) mass is 458 g/mol. The Hall–Kier alpha value is -3.21. The molecule has 0 spiro atoms. The Morgan fingerprint density at radius 3 is 2.91 bits per heavy atom. The highest BCUT2D eigenvalue weighted by atomic mass is 32.1. The molecule has 1 saturated heterocycles. The van der Waals surface area contributed by atoms with Crippen molar-refractivity contribution < 1.29 is 14.0 Å². The number of thiazole rings is 1. The molecule has 1 atom stereocenters. The number of hydrogen-bond acceptors (Lipinski definition) is 8. The first-order chi connectivity index (χ1) is 15.4. The van der Waals surface area contributed by atoms with Crippen molar-refractivity contribution in [2.24, 2.45) is 5.92 Å². The standard InChI is InChI=1S/C21H26N6O4S/c1-3-22-19(29)14-5-4-8-26(10-14)21-25-18-17(32-21)20(30)27(12-24-18)11-16(28)23-9-15-7-6-13(2)31-15/h6-7,12,14H,3-5,8-11H2,1-2H3,(H,22,29)(H,23,28)/t14-/m1/s1. The summed E-state index contributed by atoms with van der Waals surface area (Å²) in [6.07, 6.45) is 3.06. The molecule has 0 radical (unpaired) electrons. The number of amides is 2. The summed E-state index contributed by atoms with van der Waals surface area (Å²) in [7, 11) is 0. The number of carbonyl (C=O) groups is 2. The molecule has 32 heavy (non-hydrogen) atoms. The van der Waals surface area contributed by atoms with Crippen LogP contribution in [-0.4, -0.2) is 46.0 Å². The van der Waals surface area contributed by atoms with E-state index in [4.69, 9.17) is 4.42 Å². The highest BCUT2D eigenvalue weighted by Crippen LogP contribution is 2.29. The van der Waals surface area contributed by atoms with E-state index in [2.05, 4.69) is 20.6 Å². The maximum Gasteiger partial charge on any atom is 0.273 e. The van der Waals surface area contributed by atoms with Crippen molar-refractivity contribution in [3.63, 3.8) is 0 Å². The Labute approximate surface area is 188 Å². The van der Waals surface area contributed by atoms with E-state index < -0.39 is 0 Å². The fourth-order valence-electron chi connectivity index (χ4n) is 3.74. The zero-order chi connectivity index (χ0) is 22.7. The van der Waals surface area contributed by atoms with Gasteiger partial charge in [-0.25, -0.2) is 4.98 Å². The van der Waals surface area contributed by atoms with Gasteiger partial charge in [-0.15, -0.1) is 0 Å². The quantitative estimate of drug-likeness (QED) is 0.549. The zero-order valence-electron chi connectivity index (χ0n) is 18.1. The van der Waals surface area contributed by atoms with Crippen molar-refractivity contribution in [2.45, 2.75) is 39.8 Å². The van der Waals surface area contributed by atoms with Crippen LogP contribution in [0.1, 0.15) is 31.3 Å². The van der Waals surface area contributed by atoms with Gasteiger partial charge in [-0.2, -0.15) is 4.98 Å². The lowest BCUT2D eigenvalue weighted by molar-refractivity contribution is -0.125. The van der Waals surface area contributed by atoms with Crippen LogP contribution in [0, 0.1) is 12.8 Å². The second-order valence-electron chi connectivity index (χ2n) is 7.80. The third-order valence-electron chi connectivity index (χ3n) is 5.36. The molecule has 1 fully saturated rings. The number of fused-ring (bicyclic) bond motifs is 1. The molecule has 0 aromatic carbocycles. The maximum absolute atomic E-state index is 12.9. The number of piperidine rings is 1. The zero-order valence-corrected chi connectivity index (χ0v) is 18.9. The van der Waals surface area contributed by atoms with Gasteiger partial charge in [0.25, 0.3) is 5.56 Å². The Morgan fingerprint density at radius 1 is 1.31 bits per heavy atom. The number of anilines is 1. The van der Waals surface area contributed by atoms with Gasteiger partial charge in [-0.3, -0.25) is 19.0 Å². The van der Waals surface area contributed by atoms with Gasteiger partial charge in [0, 0.05) is 19.6 Å². The molecule has 11 heteroatoms. The van der Waals surface area contributed by atoms with Crippen LogP contribution < -0.4 is 21.1 Å². The molecule has 4 rings (SSSR count). The largest absolute Gasteiger partial charge is 0.465 e. The first-order valence-corrected chi connectivity index (χ1v) is 11.5. The maximum atomic E-state index is 12.9. The van der Waals surface area contributed by atoms with Crippen LogP contribution in [0.3, 0.4) is 0 Å². The smallest absolute Gasteiger partial charge is 0.273 e. The fourth-order valence-corrected chi connectivity index (χ4v) is 4.75. The lowest BCUT2D eigenvalue weighted by atomic mass is 9.97. The van der Waals surface area contributed by atoms with Gasteiger partial charge >= 0.3 is 0 Å². The van der Waals surface area contributed by atoms with Crippen molar-refractivity contribution >= 4 is 38.6 Å². The summed E-state index contributed by atoms with van der Waals surface area (Å²) in [5.74, 6) is 1.06.